The molecule has 1 N–H and O–H groups in total. The lowest BCUT2D eigenvalue weighted by atomic mass is 10.0. The van der Waals surface area contributed by atoms with E-state index in [1.54, 1.807) is 18.2 Å². The van der Waals surface area contributed by atoms with Crippen molar-refractivity contribution >= 4 is 22.7 Å². The van der Waals surface area contributed by atoms with Gasteiger partial charge in [-0.1, -0.05) is 12.1 Å². The molecular formula is C15H10ClF2NO2. The summed E-state index contributed by atoms with van der Waals surface area (Å²) in [5.74, 6) is -1.80. The van der Waals surface area contributed by atoms with Gasteiger partial charge in [0.15, 0.2) is 5.58 Å². The molecule has 0 radical (unpaired) electrons. The van der Waals surface area contributed by atoms with E-state index in [2.05, 4.69) is 4.98 Å². The average molecular weight is 310 g/mol. The predicted molar refractivity (Wildman–Crippen MR) is 75.5 cm³/mol. The van der Waals surface area contributed by atoms with Crippen LogP contribution in [0.3, 0.4) is 0 Å². The molecular weight excluding hydrogens is 300 g/mol. The molecule has 0 saturated heterocycles. The van der Waals surface area contributed by atoms with Gasteiger partial charge in [0.1, 0.15) is 11.6 Å². The number of benzene rings is 2. The van der Waals surface area contributed by atoms with Crippen molar-refractivity contribution < 1.29 is 13.2 Å². The number of halogens is 3. The van der Waals surface area contributed by atoms with Crippen LogP contribution in [0.25, 0.3) is 11.1 Å². The summed E-state index contributed by atoms with van der Waals surface area (Å²) in [5.41, 5.74) is 1.98. The first kappa shape index (κ1) is 13.8. The molecule has 0 spiro atoms. The number of aromatic amines is 1. The number of hydrogen-bond donors (Lipinski definition) is 1. The maximum absolute atomic E-state index is 13.6. The van der Waals surface area contributed by atoms with Gasteiger partial charge in [-0.25, -0.2) is 13.6 Å². The average Bonchev–Trinajstić information content (AvgIpc) is 2.80. The zero-order chi connectivity index (χ0) is 15.0. The van der Waals surface area contributed by atoms with E-state index in [-0.39, 0.29) is 6.42 Å². The van der Waals surface area contributed by atoms with E-state index in [1.807, 2.05) is 0 Å². The summed E-state index contributed by atoms with van der Waals surface area (Å²) < 4.78 is 31.4. The van der Waals surface area contributed by atoms with Gasteiger partial charge in [0.25, 0.3) is 0 Å². The molecule has 108 valence electrons. The predicted octanol–water partition coefficient (Wildman–Crippen LogP) is 3.92. The second-order valence-corrected chi connectivity index (χ2v) is 5.20. The summed E-state index contributed by atoms with van der Waals surface area (Å²) >= 11 is 6.27. The number of alkyl halides is 1. The largest absolute Gasteiger partial charge is 0.417 e. The van der Waals surface area contributed by atoms with Crippen molar-refractivity contribution in [2.45, 2.75) is 11.8 Å². The van der Waals surface area contributed by atoms with Crippen LogP contribution in [-0.4, -0.2) is 4.98 Å². The Bertz CT molecular complexity index is 856. The summed E-state index contributed by atoms with van der Waals surface area (Å²) in [6, 6.07) is 8.42. The Kier molecular flexibility index (Phi) is 3.51. The molecule has 1 heterocycles. The quantitative estimate of drug-likeness (QED) is 0.745. The van der Waals surface area contributed by atoms with E-state index < -0.39 is 22.8 Å². The first-order chi connectivity index (χ1) is 10.0. The molecule has 21 heavy (non-hydrogen) atoms. The Morgan fingerprint density at radius 3 is 2.76 bits per heavy atom. The van der Waals surface area contributed by atoms with Gasteiger partial charge in [0.2, 0.25) is 0 Å². The van der Waals surface area contributed by atoms with E-state index in [4.69, 9.17) is 16.0 Å². The van der Waals surface area contributed by atoms with Gasteiger partial charge in [-0.15, -0.1) is 11.6 Å². The minimum Gasteiger partial charge on any atom is -0.408 e. The molecule has 3 aromatic rings. The lowest BCUT2D eigenvalue weighted by molar-refractivity contribution is 0.555. The highest BCUT2D eigenvalue weighted by molar-refractivity contribution is 6.21. The minimum atomic E-state index is -0.630. The highest BCUT2D eigenvalue weighted by atomic mass is 35.5. The third kappa shape index (κ3) is 2.83. The number of H-pyrrole nitrogens is 1. The van der Waals surface area contributed by atoms with Gasteiger partial charge in [-0.3, -0.25) is 4.98 Å². The molecule has 2 aromatic carbocycles. The van der Waals surface area contributed by atoms with Crippen molar-refractivity contribution in [1.82, 2.24) is 4.98 Å². The number of nitrogens with one attached hydrogen (secondary N) is 1. The summed E-state index contributed by atoms with van der Waals surface area (Å²) in [5, 5.41) is -0.519. The summed E-state index contributed by atoms with van der Waals surface area (Å²) in [4.78, 5) is 13.6. The SMILES string of the molecule is O=c1[nH]c2ccc(C(Cl)Cc3ccc(F)cc3F)cc2o1. The summed E-state index contributed by atoms with van der Waals surface area (Å²) in [7, 11) is 0. The fourth-order valence-electron chi connectivity index (χ4n) is 2.15. The molecule has 3 rings (SSSR count). The summed E-state index contributed by atoms with van der Waals surface area (Å²) in [6.07, 6.45) is 0.202. The fraction of sp³-hybridized carbons (Fsp3) is 0.133. The molecule has 1 unspecified atom stereocenters. The number of rotatable bonds is 3. The molecule has 0 fully saturated rings. The van der Waals surface area contributed by atoms with Crippen LogP contribution in [0.4, 0.5) is 8.78 Å². The smallest absolute Gasteiger partial charge is 0.408 e. The Morgan fingerprint density at radius 2 is 2.00 bits per heavy atom. The Morgan fingerprint density at radius 1 is 1.19 bits per heavy atom. The molecule has 1 aromatic heterocycles. The molecule has 0 amide bonds. The molecule has 3 nitrogen and oxygen atoms in total. The van der Waals surface area contributed by atoms with E-state index >= 15 is 0 Å². The number of aromatic nitrogens is 1. The maximum Gasteiger partial charge on any atom is 0.417 e. The normalized spacial score (nSPS) is 12.7. The highest BCUT2D eigenvalue weighted by Gasteiger charge is 2.14. The molecule has 0 bridgehead atoms. The topological polar surface area (TPSA) is 46.0 Å². The monoisotopic (exact) mass is 309 g/mol. The van der Waals surface area contributed by atoms with Crippen LogP contribution < -0.4 is 5.76 Å². The molecule has 0 aliphatic heterocycles. The van der Waals surface area contributed by atoms with Crippen molar-refractivity contribution in [2.75, 3.05) is 0 Å². The van der Waals surface area contributed by atoms with Crippen molar-refractivity contribution in [3.8, 4) is 0 Å². The summed E-state index contributed by atoms with van der Waals surface area (Å²) in [6.45, 7) is 0. The van der Waals surface area contributed by atoms with Crippen molar-refractivity contribution in [3.63, 3.8) is 0 Å². The Balaban J connectivity index is 1.89. The van der Waals surface area contributed by atoms with Crippen LogP contribution >= 0.6 is 11.6 Å². The Hall–Kier alpha value is -2.14. The maximum atomic E-state index is 13.6. The number of fused-ring (bicyclic) bond motifs is 1. The van der Waals surface area contributed by atoms with Gasteiger partial charge in [0.05, 0.1) is 10.9 Å². The highest BCUT2D eigenvalue weighted by Crippen LogP contribution is 2.28. The molecule has 0 aliphatic carbocycles. The second kappa shape index (κ2) is 5.33. The lowest BCUT2D eigenvalue weighted by Crippen LogP contribution is -1.99. The van der Waals surface area contributed by atoms with E-state index in [1.165, 1.54) is 12.1 Å². The standard InChI is InChI=1S/C15H10ClF2NO2/c16-11(5-9-1-3-10(17)7-12(9)18)8-2-4-13-14(6-8)21-15(20)19-13/h1-4,6-7,11H,5H2,(H,19,20). The van der Waals surface area contributed by atoms with Crippen LogP contribution in [0.15, 0.2) is 45.6 Å². The van der Waals surface area contributed by atoms with Crippen molar-refractivity contribution in [3.05, 3.63) is 69.7 Å². The molecule has 6 heteroatoms. The van der Waals surface area contributed by atoms with Gasteiger partial charge < -0.3 is 4.42 Å². The van der Waals surface area contributed by atoms with Gasteiger partial charge in [-0.05, 0) is 35.7 Å². The zero-order valence-corrected chi connectivity index (χ0v) is 11.5. The number of hydrogen-bond acceptors (Lipinski definition) is 2. The van der Waals surface area contributed by atoms with E-state index in [0.29, 0.717) is 22.2 Å². The molecule has 0 aliphatic rings. The van der Waals surface area contributed by atoms with Crippen LogP contribution in [0.5, 0.6) is 0 Å². The van der Waals surface area contributed by atoms with Crippen molar-refractivity contribution in [1.29, 1.82) is 0 Å². The zero-order valence-electron chi connectivity index (χ0n) is 10.7. The Labute approximate surface area is 123 Å². The van der Waals surface area contributed by atoms with Crippen LogP contribution in [0, 0.1) is 11.6 Å². The second-order valence-electron chi connectivity index (χ2n) is 4.68. The fourth-order valence-corrected chi connectivity index (χ4v) is 2.46. The molecule has 0 saturated carbocycles. The van der Waals surface area contributed by atoms with Crippen LogP contribution in [0.1, 0.15) is 16.5 Å². The van der Waals surface area contributed by atoms with E-state index in [9.17, 15) is 13.6 Å². The minimum absolute atomic E-state index is 0.202. The van der Waals surface area contributed by atoms with Gasteiger partial charge in [-0.2, -0.15) is 0 Å². The first-order valence-corrected chi connectivity index (χ1v) is 6.67. The van der Waals surface area contributed by atoms with Gasteiger partial charge >= 0.3 is 5.76 Å². The van der Waals surface area contributed by atoms with E-state index in [0.717, 1.165) is 6.07 Å². The first-order valence-electron chi connectivity index (χ1n) is 6.24. The molecule has 1 atom stereocenters. The van der Waals surface area contributed by atoms with Crippen LogP contribution in [0.2, 0.25) is 0 Å². The van der Waals surface area contributed by atoms with Crippen LogP contribution in [-0.2, 0) is 6.42 Å². The lowest BCUT2D eigenvalue weighted by Gasteiger charge is -2.10. The van der Waals surface area contributed by atoms with Gasteiger partial charge in [0, 0.05) is 6.07 Å². The third-order valence-corrected chi connectivity index (χ3v) is 3.63. The third-order valence-electron chi connectivity index (χ3n) is 3.22. The van der Waals surface area contributed by atoms with Crippen molar-refractivity contribution in [2.24, 2.45) is 0 Å². The number of oxazole rings is 1.